The minimum Gasteiger partial charge on any atom is -0.388 e. The van der Waals surface area contributed by atoms with E-state index in [-0.39, 0.29) is 6.10 Å². The third-order valence-electron chi connectivity index (χ3n) is 1.89. The fourth-order valence-electron chi connectivity index (χ4n) is 1.25. The molecule has 3 nitrogen and oxygen atoms in total. The fourth-order valence-corrected chi connectivity index (χ4v) is 1.25. The number of aliphatic hydroxyl groups excluding tert-OH is 1. The Morgan fingerprint density at radius 3 is 3.09 bits per heavy atom. The molecule has 0 aromatic carbocycles. The lowest BCUT2D eigenvalue weighted by molar-refractivity contribution is -0.0459. The minimum atomic E-state index is -0.433. The van der Waals surface area contributed by atoms with Gasteiger partial charge in [0.25, 0.3) is 0 Å². The molecular weight excluding hydrogens is 144 g/mol. The zero-order chi connectivity index (χ0) is 8.10. The third-order valence-corrected chi connectivity index (χ3v) is 1.89. The average molecular weight is 160 g/mol. The van der Waals surface area contributed by atoms with E-state index in [4.69, 9.17) is 9.47 Å². The second-order valence-electron chi connectivity index (χ2n) is 2.78. The van der Waals surface area contributed by atoms with Crippen molar-refractivity contribution < 1.29 is 14.6 Å². The van der Waals surface area contributed by atoms with Crippen molar-refractivity contribution in [3.05, 3.63) is 0 Å². The summed E-state index contributed by atoms with van der Waals surface area (Å²) in [5, 5.41) is 9.43. The first-order valence-corrected chi connectivity index (χ1v) is 4.22. The smallest absolute Gasteiger partial charge is 0.103 e. The predicted octanol–water partition coefficient (Wildman–Crippen LogP) is 0.563. The van der Waals surface area contributed by atoms with Gasteiger partial charge in [-0.05, 0) is 19.8 Å². The molecule has 11 heavy (non-hydrogen) atoms. The molecule has 3 heteroatoms. The summed E-state index contributed by atoms with van der Waals surface area (Å²) in [4.78, 5) is 0. The van der Waals surface area contributed by atoms with E-state index in [1.54, 1.807) is 0 Å². The number of hydrogen-bond acceptors (Lipinski definition) is 3. The van der Waals surface area contributed by atoms with Crippen molar-refractivity contribution in [2.45, 2.75) is 32.0 Å². The first-order chi connectivity index (χ1) is 5.34. The van der Waals surface area contributed by atoms with Crippen LogP contribution in [0, 0.1) is 0 Å². The summed E-state index contributed by atoms with van der Waals surface area (Å²) in [7, 11) is 0. The summed E-state index contributed by atoms with van der Waals surface area (Å²) < 4.78 is 10.4. The molecule has 0 aromatic rings. The molecule has 0 saturated carbocycles. The summed E-state index contributed by atoms with van der Waals surface area (Å²) in [6.07, 6.45) is 1.61. The van der Waals surface area contributed by atoms with Gasteiger partial charge in [-0.1, -0.05) is 0 Å². The maximum atomic E-state index is 9.43. The average Bonchev–Trinajstić information content (AvgIpc) is 2.52. The van der Waals surface area contributed by atoms with Crippen molar-refractivity contribution >= 4 is 0 Å². The Morgan fingerprint density at radius 1 is 1.73 bits per heavy atom. The lowest BCUT2D eigenvalue weighted by atomic mass is 10.1. The molecule has 0 aromatic heterocycles. The van der Waals surface area contributed by atoms with E-state index < -0.39 is 6.10 Å². The maximum absolute atomic E-state index is 9.43. The van der Waals surface area contributed by atoms with Gasteiger partial charge in [0.1, 0.15) is 6.10 Å². The van der Waals surface area contributed by atoms with Crippen molar-refractivity contribution in [3.63, 3.8) is 0 Å². The number of ether oxygens (including phenoxy) is 2. The first kappa shape index (κ1) is 8.97. The summed E-state index contributed by atoms with van der Waals surface area (Å²) in [5.74, 6) is 0. The van der Waals surface area contributed by atoms with Crippen LogP contribution in [-0.2, 0) is 9.47 Å². The van der Waals surface area contributed by atoms with Crippen molar-refractivity contribution in [2.24, 2.45) is 0 Å². The Bertz CT molecular complexity index is 99.5. The van der Waals surface area contributed by atoms with Gasteiger partial charge in [0, 0.05) is 13.2 Å². The lowest BCUT2D eigenvalue weighted by Crippen LogP contribution is -2.29. The molecule has 1 rings (SSSR count). The molecule has 0 spiro atoms. The van der Waals surface area contributed by atoms with Gasteiger partial charge in [-0.3, -0.25) is 0 Å². The van der Waals surface area contributed by atoms with Crippen LogP contribution in [0.25, 0.3) is 0 Å². The topological polar surface area (TPSA) is 38.7 Å². The molecule has 1 aliphatic rings. The fraction of sp³-hybridized carbons (Fsp3) is 1.00. The highest BCUT2D eigenvalue weighted by molar-refractivity contribution is 4.72. The van der Waals surface area contributed by atoms with Crippen molar-refractivity contribution in [1.29, 1.82) is 0 Å². The van der Waals surface area contributed by atoms with Crippen LogP contribution >= 0.6 is 0 Å². The maximum Gasteiger partial charge on any atom is 0.103 e. The highest BCUT2D eigenvalue weighted by Crippen LogP contribution is 2.15. The molecule has 2 unspecified atom stereocenters. The zero-order valence-corrected chi connectivity index (χ0v) is 6.95. The van der Waals surface area contributed by atoms with Gasteiger partial charge < -0.3 is 14.6 Å². The molecule has 0 radical (unpaired) electrons. The molecule has 1 fully saturated rings. The van der Waals surface area contributed by atoms with Crippen molar-refractivity contribution in [2.75, 3.05) is 19.8 Å². The monoisotopic (exact) mass is 160 g/mol. The molecular formula is C8H16O3. The van der Waals surface area contributed by atoms with E-state index in [0.29, 0.717) is 13.2 Å². The van der Waals surface area contributed by atoms with Crippen LogP contribution in [0.4, 0.5) is 0 Å². The Morgan fingerprint density at radius 2 is 2.55 bits per heavy atom. The number of rotatable bonds is 4. The Balaban J connectivity index is 2.12. The van der Waals surface area contributed by atoms with Crippen LogP contribution in [0.15, 0.2) is 0 Å². The second-order valence-corrected chi connectivity index (χ2v) is 2.78. The van der Waals surface area contributed by atoms with Crippen LogP contribution in [0.5, 0.6) is 0 Å². The van der Waals surface area contributed by atoms with E-state index in [0.717, 1.165) is 19.4 Å². The SMILES string of the molecule is CCOCC(O)C1CCCO1. The number of hydrogen-bond donors (Lipinski definition) is 1. The van der Waals surface area contributed by atoms with Crippen LogP contribution in [0.1, 0.15) is 19.8 Å². The van der Waals surface area contributed by atoms with Gasteiger partial charge in [0.2, 0.25) is 0 Å². The Hall–Kier alpha value is -0.120. The molecule has 1 saturated heterocycles. The Labute approximate surface area is 67.3 Å². The highest BCUT2D eigenvalue weighted by Gasteiger charge is 2.23. The molecule has 2 atom stereocenters. The summed E-state index contributed by atoms with van der Waals surface area (Å²) >= 11 is 0. The van der Waals surface area contributed by atoms with Gasteiger partial charge in [-0.25, -0.2) is 0 Å². The Kier molecular flexibility index (Phi) is 3.83. The normalized spacial score (nSPS) is 27.3. The second kappa shape index (κ2) is 4.70. The number of aliphatic hydroxyl groups is 1. The highest BCUT2D eigenvalue weighted by atomic mass is 16.5. The van der Waals surface area contributed by atoms with Gasteiger partial charge in [0.05, 0.1) is 12.7 Å². The standard InChI is InChI=1S/C8H16O3/c1-2-10-6-7(9)8-4-3-5-11-8/h7-9H,2-6H2,1H3. The van der Waals surface area contributed by atoms with Gasteiger partial charge in [-0.15, -0.1) is 0 Å². The zero-order valence-electron chi connectivity index (χ0n) is 6.95. The minimum absolute atomic E-state index is 0.0153. The van der Waals surface area contributed by atoms with Crippen LogP contribution < -0.4 is 0 Å². The van der Waals surface area contributed by atoms with Crippen molar-refractivity contribution in [3.8, 4) is 0 Å². The van der Waals surface area contributed by atoms with E-state index in [1.807, 2.05) is 6.92 Å². The lowest BCUT2D eigenvalue weighted by Gasteiger charge is -2.16. The third kappa shape index (κ3) is 2.77. The molecule has 0 amide bonds. The van der Waals surface area contributed by atoms with Crippen LogP contribution in [0.3, 0.4) is 0 Å². The largest absolute Gasteiger partial charge is 0.388 e. The quantitative estimate of drug-likeness (QED) is 0.653. The summed E-state index contributed by atoms with van der Waals surface area (Å²) in [6.45, 7) is 3.76. The molecule has 1 aliphatic heterocycles. The van der Waals surface area contributed by atoms with Gasteiger partial charge in [-0.2, -0.15) is 0 Å². The van der Waals surface area contributed by atoms with Crippen LogP contribution in [0.2, 0.25) is 0 Å². The van der Waals surface area contributed by atoms with E-state index >= 15 is 0 Å². The summed E-state index contributed by atoms with van der Waals surface area (Å²) in [5.41, 5.74) is 0. The first-order valence-electron chi connectivity index (χ1n) is 4.22. The molecule has 0 aliphatic carbocycles. The van der Waals surface area contributed by atoms with E-state index in [9.17, 15) is 5.11 Å². The van der Waals surface area contributed by atoms with Gasteiger partial charge >= 0.3 is 0 Å². The molecule has 1 heterocycles. The van der Waals surface area contributed by atoms with Crippen molar-refractivity contribution in [1.82, 2.24) is 0 Å². The van der Waals surface area contributed by atoms with E-state index in [1.165, 1.54) is 0 Å². The molecule has 0 bridgehead atoms. The van der Waals surface area contributed by atoms with E-state index in [2.05, 4.69) is 0 Å². The predicted molar refractivity (Wildman–Crippen MR) is 41.5 cm³/mol. The molecule has 1 N–H and O–H groups in total. The summed E-state index contributed by atoms with van der Waals surface area (Å²) in [6, 6.07) is 0. The van der Waals surface area contributed by atoms with Crippen LogP contribution in [-0.4, -0.2) is 37.1 Å². The van der Waals surface area contributed by atoms with Gasteiger partial charge in [0.15, 0.2) is 0 Å². The molecule has 66 valence electrons.